The van der Waals surface area contributed by atoms with Gasteiger partial charge in [-0.15, -0.1) is 0 Å². The summed E-state index contributed by atoms with van der Waals surface area (Å²) in [4.78, 5) is 23.5. The molecule has 1 atom stereocenters. The normalized spacial score (nSPS) is 17.8. The average molecular weight is 276 g/mol. The van der Waals surface area contributed by atoms with Gasteiger partial charge in [0.25, 0.3) is 5.91 Å². The van der Waals surface area contributed by atoms with Crippen LogP contribution in [0.1, 0.15) is 28.8 Å². The largest absolute Gasteiger partial charge is 0.368 e. The Bertz CT molecular complexity index is 465. The van der Waals surface area contributed by atoms with Crippen molar-refractivity contribution in [2.24, 2.45) is 0 Å². The highest BCUT2D eigenvalue weighted by Gasteiger charge is 2.22. The second kappa shape index (κ2) is 7.05. The van der Waals surface area contributed by atoms with E-state index < -0.39 is 0 Å². The molecular formula is C15H20N2O3. The number of benzene rings is 1. The lowest BCUT2D eigenvalue weighted by molar-refractivity contribution is -0.129. The minimum Gasteiger partial charge on any atom is -0.368 e. The Labute approximate surface area is 118 Å². The first-order valence-corrected chi connectivity index (χ1v) is 6.91. The van der Waals surface area contributed by atoms with Crippen LogP contribution in [0.15, 0.2) is 24.3 Å². The summed E-state index contributed by atoms with van der Waals surface area (Å²) in [5.41, 5.74) is 1.74. The van der Waals surface area contributed by atoms with Gasteiger partial charge in [0.1, 0.15) is 6.10 Å². The summed E-state index contributed by atoms with van der Waals surface area (Å²) in [6.07, 6.45) is 1.40. The van der Waals surface area contributed by atoms with Crippen molar-refractivity contribution in [1.82, 2.24) is 10.6 Å². The molecule has 20 heavy (non-hydrogen) atoms. The maximum absolute atomic E-state index is 11.8. The minimum absolute atomic E-state index is 0.0907. The molecule has 1 unspecified atom stereocenters. The predicted molar refractivity (Wildman–Crippen MR) is 75.5 cm³/mol. The Kier molecular flexibility index (Phi) is 5.12. The van der Waals surface area contributed by atoms with Crippen LogP contribution in [0.5, 0.6) is 0 Å². The van der Waals surface area contributed by atoms with Gasteiger partial charge in [0.05, 0.1) is 0 Å². The molecule has 1 aromatic carbocycles. The van der Waals surface area contributed by atoms with Gasteiger partial charge >= 0.3 is 0 Å². The van der Waals surface area contributed by atoms with E-state index in [9.17, 15) is 9.59 Å². The maximum atomic E-state index is 11.8. The van der Waals surface area contributed by atoms with E-state index in [0.717, 1.165) is 18.4 Å². The smallest absolute Gasteiger partial charge is 0.251 e. The van der Waals surface area contributed by atoms with E-state index >= 15 is 0 Å². The van der Waals surface area contributed by atoms with Gasteiger partial charge in [-0.05, 0) is 31.9 Å². The highest BCUT2D eigenvalue weighted by molar-refractivity contribution is 5.94. The van der Waals surface area contributed by atoms with Crippen LogP contribution in [0.25, 0.3) is 0 Å². The minimum atomic E-state index is -0.317. The summed E-state index contributed by atoms with van der Waals surface area (Å²) in [6, 6.07) is 7.37. The third-order valence-corrected chi connectivity index (χ3v) is 3.25. The second-order valence-electron chi connectivity index (χ2n) is 4.91. The highest BCUT2D eigenvalue weighted by Crippen LogP contribution is 2.11. The lowest BCUT2D eigenvalue weighted by Gasteiger charge is -2.11. The summed E-state index contributed by atoms with van der Waals surface area (Å²) in [6.45, 7) is 3.45. The van der Waals surface area contributed by atoms with Crippen molar-refractivity contribution in [3.63, 3.8) is 0 Å². The fourth-order valence-electron chi connectivity index (χ4n) is 2.07. The molecule has 1 heterocycles. The quantitative estimate of drug-likeness (QED) is 0.789. The molecular weight excluding hydrogens is 256 g/mol. The monoisotopic (exact) mass is 276 g/mol. The van der Waals surface area contributed by atoms with Crippen molar-refractivity contribution in [3.05, 3.63) is 35.4 Å². The zero-order valence-corrected chi connectivity index (χ0v) is 11.6. The fourth-order valence-corrected chi connectivity index (χ4v) is 2.07. The first-order chi connectivity index (χ1) is 9.66. The molecule has 1 aliphatic rings. The number of amides is 2. The molecule has 1 saturated heterocycles. The summed E-state index contributed by atoms with van der Waals surface area (Å²) in [7, 11) is 0. The van der Waals surface area contributed by atoms with Crippen molar-refractivity contribution in [2.45, 2.75) is 25.9 Å². The van der Waals surface area contributed by atoms with Crippen molar-refractivity contribution < 1.29 is 14.3 Å². The lowest BCUT2D eigenvalue weighted by atomic mass is 10.1. The third-order valence-electron chi connectivity index (χ3n) is 3.25. The van der Waals surface area contributed by atoms with Crippen LogP contribution in [0.4, 0.5) is 0 Å². The predicted octanol–water partition coefficient (Wildman–Crippen LogP) is 1.02. The van der Waals surface area contributed by atoms with Gasteiger partial charge in [-0.3, -0.25) is 9.59 Å². The van der Waals surface area contributed by atoms with E-state index in [1.807, 2.05) is 19.1 Å². The SMILES string of the molecule is Cc1ccc(C(=O)NCCNC(=O)C2CCCO2)cc1. The number of ether oxygens (including phenoxy) is 1. The van der Waals surface area contributed by atoms with Crippen molar-refractivity contribution in [3.8, 4) is 0 Å². The van der Waals surface area contributed by atoms with Crippen molar-refractivity contribution >= 4 is 11.8 Å². The number of carbonyl (C=O) groups is 2. The van der Waals surface area contributed by atoms with E-state index in [-0.39, 0.29) is 17.9 Å². The van der Waals surface area contributed by atoms with Gasteiger partial charge in [0.15, 0.2) is 0 Å². The van der Waals surface area contributed by atoms with E-state index in [2.05, 4.69) is 10.6 Å². The lowest BCUT2D eigenvalue weighted by Crippen LogP contribution is -2.39. The molecule has 108 valence electrons. The summed E-state index contributed by atoms with van der Waals surface area (Å²) < 4.78 is 5.27. The molecule has 0 saturated carbocycles. The summed E-state index contributed by atoms with van der Waals surface area (Å²) >= 11 is 0. The number of nitrogens with one attached hydrogen (secondary N) is 2. The molecule has 0 spiro atoms. The standard InChI is InChI=1S/C15H20N2O3/c1-11-4-6-12(7-5-11)14(18)16-8-9-17-15(19)13-3-2-10-20-13/h4-7,13H,2-3,8-10H2,1H3,(H,16,18)(H,17,19). The Balaban J connectivity index is 1.66. The maximum Gasteiger partial charge on any atom is 0.251 e. The second-order valence-corrected chi connectivity index (χ2v) is 4.91. The van der Waals surface area contributed by atoms with E-state index in [1.165, 1.54) is 0 Å². The van der Waals surface area contributed by atoms with Crippen LogP contribution in [-0.4, -0.2) is 37.6 Å². The molecule has 1 aromatic rings. The van der Waals surface area contributed by atoms with Crippen LogP contribution >= 0.6 is 0 Å². The average Bonchev–Trinajstić information content (AvgIpc) is 2.98. The van der Waals surface area contributed by atoms with E-state index in [4.69, 9.17) is 4.74 Å². The van der Waals surface area contributed by atoms with E-state index in [1.54, 1.807) is 12.1 Å². The fraction of sp³-hybridized carbons (Fsp3) is 0.467. The topological polar surface area (TPSA) is 67.4 Å². The third kappa shape index (κ3) is 4.06. The van der Waals surface area contributed by atoms with Gasteiger partial charge in [0.2, 0.25) is 5.91 Å². The van der Waals surface area contributed by atoms with Gasteiger partial charge in [-0.1, -0.05) is 17.7 Å². The zero-order valence-electron chi connectivity index (χ0n) is 11.6. The number of hydrogen-bond donors (Lipinski definition) is 2. The van der Waals surface area contributed by atoms with Gasteiger partial charge in [-0.25, -0.2) is 0 Å². The number of aryl methyl sites for hydroxylation is 1. The number of rotatable bonds is 5. The molecule has 0 radical (unpaired) electrons. The van der Waals surface area contributed by atoms with E-state index in [0.29, 0.717) is 25.3 Å². The molecule has 1 fully saturated rings. The van der Waals surface area contributed by atoms with Gasteiger partial charge in [-0.2, -0.15) is 0 Å². The van der Waals surface area contributed by atoms with Crippen LogP contribution in [0, 0.1) is 6.92 Å². The number of hydrogen-bond acceptors (Lipinski definition) is 3. The van der Waals surface area contributed by atoms with Crippen molar-refractivity contribution in [2.75, 3.05) is 19.7 Å². The Morgan fingerprint density at radius 1 is 1.20 bits per heavy atom. The van der Waals surface area contributed by atoms with Crippen LogP contribution in [0.3, 0.4) is 0 Å². The van der Waals surface area contributed by atoms with Gasteiger partial charge in [0, 0.05) is 25.3 Å². The Morgan fingerprint density at radius 3 is 2.55 bits per heavy atom. The molecule has 0 aliphatic carbocycles. The molecule has 5 heteroatoms. The Morgan fingerprint density at radius 2 is 1.90 bits per heavy atom. The molecule has 5 nitrogen and oxygen atoms in total. The van der Waals surface area contributed by atoms with Crippen LogP contribution < -0.4 is 10.6 Å². The molecule has 2 rings (SSSR count). The molecule has 2 amide bonds. The first-order valence-electron chi connectivity index (χ1n) is 6.91. The van der Waals surface area contributed by atoms with Crippen LogP contribution in [0.2, 0.25) is 0 Å². The molecule has 0 aromatic heterocycles. The molecule has 1 aliphatic heterocycles. The zero-order chi connectivity index (χ0) is 14.4. The summed E-state index contributed by atoms with van der Waals surface area (Å²) in [5, 5.41) is 5.53. The summed E-state index contributed by atoms with van der Waals surface area (Å²) in [5.74, 6) is -0.219. The van der Waals surface area contributed by atoms with Gasteiger partial charge < -0.3 is 15.4 Å². The van der Waals surface area contributed by atoms with Crippen LogP contribution in [-0.2, 0) is 9.53 Å². The molecule has 0 bridgehead atoms. The Hall–Kier alpha value is -1.88. The molecule has 2 N–H and O–H groups in total. The number of carbonyl (C=O) groups excluding carboxylic acids is 2. The first kappa shape index (κ1) is 14.5. The van der Waals surface area contributed by atoms with Crippen molar-refractivity contribution in [1.29, 1.82) is 0 Å². The highest BCUT2D eigenvalue weighted by atomic mass is 16.5.